The number of hydrogen-bond donors (Lipinski definition) is 3. The van der Waals surface area contributed by atoms with E-state index in [1.54, 1.807) is 48.3 Å². The summed E-state index contributed by atoms with van der Waals surface area (Å²) in [7, 11) is 7.71. The molecule has 2 aliphatic rings. The number of nitrogens with one attached hydrogen (secondary N) is 2. The third-order valence-electron chi connectivity index (χ3n) is 13.4. The highest BCUT2D eigenvalue weighted by Gasteiger charge is 2.40. The van der Waals surface area contributed by atoms with E-state index in [0.29, 0.717) is 110 Å². The number of para-hydroxylation sites is 1. The first-order valence-electron chi connectivity index (χ1n) is 25.3. The molecule has 0 spiro atoms. The second kappa shape index (κ2) is 27.6. The molecule has 396 valence electrons. The van der Waals surface area contributed by atoms with Gasteiger partial charge in [0.1, 0.15) is 23.9 Å². The number of likely N-dealkylation sites (tertiary alicyclic amines) is 2. The van der Waals surface area contributed by atoms with Crippen molar-refractivity contribution in [1.82, 2.24) is 20.4 Å². The fourth-order valence-corrected chi connectivity index (χ4v) is 9.40. The largest absolute Gasteiger partial charge is 0.493 e. The van der Waals surface area contributed by atoms with E-state index >= 15 is 0 Å². The molecule has 4 amide bonds. The van der Waals surface area contributed by atoms with Crippen molar-refractivity contribution in [1.29, 1.82) is 0 Å². The van der Waals surface area contributed by atoms with Crippen molar-refractivity contribution in [2.75, 3.05) is 68.3 Å². The minimum absolute atomic E-state index is 0.169. The van der Waals surface area contributed by atoms with Gasteiger partial charge in [-0.1, -0.05) is 64.8 Å². The van der Waals surface area contributed by atoms with Crippen LogP contribution in [0.15, 0.2) is 54.6 Å². The molecule has 17 heteroatoms. The van der Waals surface area contributed by atoms with Crippen molar-refractivity contribution in [3.05, 3.63) is 71.3 Å². The Kier molecular flexibility index (Phi) is 21.7. The third-order valence-corrected chi connectivity index (χ3v) is 13.4. The van der Waals surface area contributed by atoms with E-state index in [9.17, 15) is 29.1 Å². The Labute approximate surface area is 425 Å². The van der Waals surface area contributed by atoms with Gasteiger partial charge < -0.3 is 58.7 Å². The lowest BCUT2D eigenvalue weighted by Crippen LogP contribution is -2.54. The number of amides is 4. The summed E-state index contributed by atoms with van der Waals surface area (Å²) in [6, 6.07) is 14.8. The van der Waals surface area contributed by atoms with E-state index in [-0.39, 0.29) is 43.2 Å². The Balaban J connectivity index is 1.21. The van der Waals surface area contributed by atoms with Crippen molar-refractivity contribution in [3.8, 4) is 34.5 Å². The molecule has 0 saturated carbocycles. The first-order chi connectivity index (χ1) is 34.6. The van der Waals surface area contributed by atoms with Gasteiger partial charge in [-0.05, 0) is 105 Å². The van der Waals surface area contributed by atoms with Crippen molar-refractivity contribution < 1.29 is 62.2 Å². The zero-order valence-corrected chi connectivity index (χ0v) is 43.8. The smallest absolute Gasteiger partial charge is 0.329 e. The van der Waals surface area contributed by atoms with Gasteiger partial charge in [-0.2, -0.15) is 0 Å². The van der Waals surface area contributed by atoms with Crippen LogP contribution in [-0.2, 0) is 35.1 Å². The number of ether oxygens (including phenoxy) is 7. The van der Waals surface area contributed by atoms with Gasteiger partial charge in [-0.3, -0.25) is 19.2 Å². The Morgan fingerprint density at radius 1 is 0.750 bits per heavy atom. The van der Waals surface area contributed by atoms with Gasteiger partial charge in [0.25, 0.3) is 5.91 Å². The number of methoxy groups -OCH3 is 5. The van der Waals surface area contributed by atoms with Crippen LogP contribution in [0.3, 0.4) is 0 Å². The van der Waals surface area contributed by atoms with Gasteiger partial charge >= 0.3 is 5.97 Å². The highest BCUT2D eigenvalue weighted by Crippen LogP contribution is 2.42. The highest BCUT2D eigenvalue weighted by atomic mass is 16.6. The first kappa shape index (κ1) is 56.7. The molecule has 2 saturated heterocycles. The van der Waals surface area contributed by atoms with Crippen molar-refractivity contribution in [2.45, 2.75) is 135 Å². The van der Waals surface area contributed by atoms with Crippen molar-refractivity contribution >= 4 is 29.6 Å². The van der Waals surface area contributed by atoms with Crippen LogP contribution in [0.4, 0.5) is 0 Å². The molecule has 5 rings (SSSR count). The predicted molar refractivity (Wildman–Crippen MR) is 272 cm³/mol. The standard InChI is InChI=1S/C55H78N4O13/c1-10-39(37-32-46(68-7)50(70-9)47(33-37)69-8)52(63)59-29-18-16-20-41(59)54(65)72-43(25-23-36-24-26-44(66-5)45(31-36)67-6)40-19-14-15-21-42(40)71-35-49(62)56-28-17-12-11-13-22-48(61)57-51(55(2,3)4)53(64)58-30-27-38(60)34-58/h14-15,19,21,24,26,31-33,38-39,41,43,51,60H,10-13,16-18,20,22-23,25,27-30,34-35H2,1-9H3,(H,56,62)(H,57,61)/t38-,39+,41+,43-,51-/m1/s1. The van der Waals surface area contributed by atoms with E-state index in [1.165, 1.54) is 21.3 Å². The van der Waals surface area contributed by atoms with Crippen LogP contribution in [0.1, 0.15) is 127 Å². The SMILES string of the molecule is CC[C@H](C(=O)N1CCCC[C@H]1C(=O)O[C@H](CCc1ccc(OC)c(OC)c1)c1ccccc1OCC(=O)NCCCCCCC(=O)N[C@H](C(=O)N1CC[C@@H](O)C1)C(C)(C)C)c1cc(OC)c(OC)c(OC)c1. The summed E-state index contributed by atoms with van der Waals surface area (Å²) in [6.07, 6.45) is 5.52. The van der Waals surface area contributed by atoms with Gasteiger partial charge in [0, 0.05) is 38.2 Å². The Morgan fingerprint density at radius 3 is 2.08 bits per heavy atom. The summed E-state index contributed by atoms with van der Waals surface area (Å²) in [5, 5.41) is 15.8. The Hall–Kier alpha value is -6.23. The summed E-state index contributed by atoms with van der Waals surface area (Å²) in [5.41, 5.74) is 1.68. The van der Waals surface area contributed by atoms with Crippen molar-refractivity contribution in [2.24, 2.45) is 5.41 Å². The number of rotatable bonds is 26. The number of β-amino-alcohol motifs (C(OH)–C–C–N with tert-alkyl or cyclic N) is 1. The molecule has 0 radical (unpaired) electrons. The van der Waals surface area contributed by atoms with E-state index in [1.807, 2.05) is 58.0 Å². The minimum atomic E-state index is -0.838. The maximum Gasteiger partial charge on any atom is 0.329 e. The average molecular weight is 1000 g/mol. The lowest BCUT2D eigenvalue weighted by molar-refractivity contribution is -0.162. The number of aliphatic hydroxyl groups excluding tert-OH is 1. The summed E-state index contributed by atoms with van der Waals surface area (Å²) in [4.78, 5) is 71.6. The number of aliphatic hydroxyl groups is 1. The normalized spacial score (nSPS) is 17.0. The second-order valence-electron chi connectivity index (χ2n) is 19.6. The summed E-state index contributed by atoms with van der Waals surface area (Å²) >= 11 is 0. The number of nitrogens with zero attached hydrogens (tertiary/aromatic N) is 2. The molecular formula is C55H78N4O13. The van der Waals surface area contributed by atoms with Gasteiger partial charge in [-0.25, -0.2) is 4.79 Å². The van der Waals surface area contributed by atoms with Gasteiger partial charge in [0.2, 0.25) is 23.5 Å². The molecule has 3 aromatic carbocycles. The van der Waals surface area contributed by atoms with E-state index in [0.717, 1.165) is 31.2 Å². The molecule has 5 atom stereocenters. The number of unbranched alkanes of at least 4 members (excludes halogenated alkanes) is 3. The predicted octanol–water partition coefficient (Wildman–Crippen LogP) is 7.09. The summed E-state index contributed by atoms with van der Waals surface area (Å²) in [5.74, 6) is 0.795. The topological polar surface area (TPSA) is 201 Å². The molecule has 0 bridgehead atoms. The molecule has 2 heterocycles. The zero-order chi connectivity index (χ0) is 52.4. The average Bonchev–Trinajstić information content (AvgIpc) is 3.83. The lowest BCUT2D eigenvalue weighted by atomic mass is 9.85. The quantitative estimate of drug-likeness (QED) is 0.0544. The number of piperidine rings is 1. The molecule has 3 N–H and O–H groups in total. The van der Waals surface area contributed by atoms with Crippen LogP contribution in [0.5, 0.6) is 34.5 Å². The van der Waals surface area contributed by atoms with Crippen LogP contribution in [0, 0.1) is 5.41 Å². The minimum Gasteiger partial charge on any atom is -0.493 e. The van der Waals surface area contributed by atoms with E-state index in [2.05, 4.69) is 10.6 Å². The van der Waals surface area contributed by atoms with Crippen LogP contribution in [0.25, 0.3) is 0 Å². The van der Waals surface area contributed by atoms with Crippen LogP contribution >= 0.6 is 0 Å². The van der Waals surface area contributed by atoms with E-state index in [4.69, 9.17) is 33.2 Å². The van der Waals surface area contributed by atoms with Crippen LogP contribution in [0.2, 0.25) is 0 Å². The first-order valence-corrected chi connectivity index (χ1v) is 25.3. The molecule has 72 heavy (non-hydrogen) atoms. The van der Waals surface area contributed by atoms with Crippen LogP contribution < -0.4 is 39.1 Å². The monoisotopic (exact) mass is 1000 g/mol. The number of hydrogen-bond acceptors (Lipinski definition) is 13. The number of benzene rings is 3. The molecular weight excluding hydrogens is 925 g/mol. The Bertz CT molecular complexity index is 2260. The van der Waals surface area contributed by atoms with E-state index < -0.39 is 41.6 Å². The molecule has 3 aromatic rings. The molecule has 17 nitrogen and oxygen atoms in total. The Morgan fingerprint density at radius 2 is 1.44 bits per heavy atom. The van der Waals surface area contributed by atoms with Crippen LogP contribution in [-0.4, -0.2) is 131 Å². The second-order valence-corrected chi connectivity index (χ2v) is 19.6. The number of esters is 1. The number of carbonyl (C=O) groups excluding carboxylic acids is 5. The summed E-state index contributed by atoms with van der Waals surface area (Å²) < 4.78 is 40.4. The molecule has 0 aliphatic carbocycles. The molecule has 0 unspecified atom stereocenters. The number of aryl methyl sites for hydroxylation is 1. The molecule has 2 aliphatic heterocycles. The number of carbonyl (C=O) groups is 5. The maximum atomic E-state index is 14.6. The van der Waals surface area contributed by atoms with Gasteiger partial charge in [0.05, 0.1) is 47.6 Å². The lowest BCUT2D eigenvalue weighted by Gasteiger charge is -2.37. The maximum absolute atomic E-state index is 14.6. The fourth-order valence-electron chi connectivity index (χ4n) is 9.40. The highest BCUT2D eigenvalue weighted by molar-refractivity contribution is 5.90. The van der Waals surface area contributed by atoms with Gasteiger partial charge in [0.15, 0.2) is 29.6 Å². The fraction of sp³-hybridized carbons (Fsp3) is 0.582. The molecule has 0 aromatic heterocycles. The third kappa shape index (κ3) is 15.4. The molecule has 2 fully saturated rings. The summed E-state index contributed by atoms with van der Waals surface area (Å²) in [6.45, 7) is 8.96. The zero-order valence-electron chi connectivity index (χ0n) is 43.8. The van der Waals surface area contributed by atoms with Gasteiger partial charge in [-0.15, -0.1) is 0 Å². The van der Waals surface area contributed by atoms with Crippen molar-refractivity contribution in [3.63, 3.8) is 0 Å².